The molecule has 0 aliphatic carbocycles. The Morgan fingerprint density at radius 1 is 1.69 bits per heavy atom. The predicted octanol–water partition coefficient (Wildman–Crippen LogP) is -0.0705. The molecule has 0 fully saturated rings. The standard InChI is InChI=1S/C7H14N4O.ClH/c1-2-6(8)3-11-4-7(5-12)9-10-11;/h4,6,12H,2-3,5,8H2,1H3;1H. The Labute approximate surface area is 83.3 Å². The maximum atomic E-state index is 8.70. The number of aromatic nitrogens is 3. The molecule has 0 saturated heterocycles. The van der Waals surface area contributed by atoms with Gasteiger partial charge in [0.05, 0.1) is 19.3 Å². The van der Waals surface area contributed by atoms with Crippen molar-refractivity contribution in [2.45, 2.75) is 32.5 Å². The van der Waals surface area contributed by atoms with Crippen LogP contribution >= 0.6 is 12.4 Å². The highest BCUT2D eigenvalue weighted by molar-refractivity contribution is 5.85. The third kappa shape index (κ3) is 3.71. The third-order valence-corrected chi connectivity index (χ3v) is 1.69. The van der Waals surface area contributed by atoms with E-state index < -0.39 is 0 Å². The normalized spacial score (nSPS) is 12.2. The first-order valence-corrected chi connectivity index (χ1v) is 4.01. The fourth-order valence-corrected chi connectivity index (χ4v) is 0.870. The minimum absolute atomic E-state index is 0. The average Bonchev–Trinajstić information content (AvgIpc) is 2.52. The first-order valence-electron chi connectivity index (χ1n) is 4.01. The summed E-state index contributed by atoms with van der Waals surface area (Å²) in [5.74, 6) is 0. The van der Waals surface area contributed by atoms with E-state index in [1.54, 1.807) is 10.9 Å². The number of nitrogens with zero attached hydrogens (tertiary/aromatic N) is 3. The van der Waals surface area contributed by atoms with Gasteiger partial charge in [-0.3, -0.25) is 4.68 Å². The minimum Gasteiger partial charge on any atom is -0.390 e. The molecule has 0 spiro atoms. The van der Waals surface area contributed by atoms with Crippen LogP contribution in [0, 0.1) is 0 Å². The molecule has 1 unspecified atom stereocenters. The summed E-state index contributed by atoms with van der Waals surface area (Å²) in [6, 6.07) is 0.109. The summed E-state index contributed by atoms with van der Waals surface area (Å²) >= 11 is 0. The van der Waals surface area contributed by atoms with E-state index in [2.05, 4.69) is 10.3 Å². The maximum Gasteiger partial charge on any atom is 0.108 e. The van der Waals surface area contributed by atoms with Gasteiger partial charge in [-0.05, 0) is 6.42 Å². The van der Waals surface area contributed by atoms with Gasteiger partial charge in [0.25, 0.3) is 0 Å². The van der Waals surface area contributed by atoms with Crippen LogP contribution < -0.4 is 5.73 Å². The molecule has 3 N–H and O–H groups in total. The number of hydrogen-bond donors (Lipinski definition) is 2. The Balaban J connectivity index is 0.00000144. The molecule has 1 atom stereocenters. The van der Waals surface area contributed by atoms with Crippen LogP contribution in [0.3, 0.4) is 0 Å². The molecule has 1 rings (SSSR count). The highest BCUT2D eigenvalue weighted by Gasteiger charge is 2.02. The third-order valence-electron chi connectivity index (χ3n) is 1.69. The van der Waals surface area contributed by atoms with Gasteiger partial charge in [0, 0.05) is 6.04 Å². The fourth-order valence-electron chi connectivity index (χ4n) is 0.870. The van der Waals surface area contributed by atoms with Crippen LogP contribution in [-0.2, 0) is 13.2 Å². The van der Waals surface area contributed by atoms with Crippen molar-refractivity contribution >= 4 is 12.4 Å². The molecule has 76 valence electrons. The molecule has 1 aromatic heterocycles. The van der Waals surface area contributed by atoms with Crippen molar-refractivity contribution in [1.82, 2.24) is 15.0 Å². The van der Waals surface area contributed by atoms with Gasteiger partial charge in [-0.1, -0.05) is 12.1 Å². The van der Waals surface area contributed by atoms with E-state index in [0.717, 1.165) is 6.42 Å². The average molecular weight is 207 g/mol. The lowest BCUT2D eigenvalue weighted by Crippen LogP contribution is -2.25. The molecule has 1 aromatic rings. The number of rotatable bonds is 4. The van der Waals surface area contributed by atoms with E-state index in [4.69, 9.17) is 10.8 Å². The fraction of sp³-hybridized carbons (Fsp3) is 0.714. The lowest BCUT2D eigenvalue weighted by atomic mass is 10.2. The molecule has 1 heterocycles. The van der Waals surface area contributed by atoms with Crippen LogP contribution in [-0.4, -0.2) is 26.1 Å². The Morgan fingerprint density at radius 2 is 2.38 bits per heavy atom. The SMILES string of the molecule is CCC(N)Cn1cc(CO)nn1.Cl. The van der Waals surface area contributed by atoms with Crippen LogP contribution in [0.4, 0.5) is 0 Å². The zero-order chi connectivity index (χ0) is 8.97. The van der Waals surface area contributed by atoms with Gasteiger partial charge in [-0.15, -0.1) is 17.5 Å². The second-order valence-electron chi connectivity index (χ2n) is 2.76. The molecule has 6 heteroatoms. The smallest absolute Gasteiger partial charge is 0.108 e. The van der Waals surface area contributed by atoms with E-state index in [9.17, 15) is 0 Å². The highest BCUT2D eigenvalue weighted by atomic mass is 35.5. The summed E-state index contributed by atoms with van der Waals surface area (Å²) < 4.78 is 1.65. The van der Waals surface area contributed by atoms with E-state index in [1.165, 1.54) is 0 Å². The molecule has 13 heavy (non-hydrogen) atoms. The molecule has 5 nitrogen and oxygen atoms in total. The topological polar surface area (TPSA) is 77.0 Å². The van der Waals surface area contributed by atoms with Gasteiger partial charge >= 0.3 is 0 Å². The van der Waals surface area contributed by atoms with Crippen LogP contribution in [0.2, 0.25) is 0 Å². The minimum atomic E-state index is -0.0681. The molecular formula is C7H15ClN4O. The van der Waals surface area contributed by atoms with Crippen molar-refractivity contribution in [1.29, 1.82) is 0 Å². The van der Waals surface area contributed by atoms with E-state index in [-0.39, 0.29) is 25.1 Å². The molecule has 0 saturated carbocycles. The molecule has 0 aromatic carbocycles. The lowest BCUT2D eigenvalue weighted by Gasteiger charge is -2.06. The van der Waals surface area contributed by atoms with Crippen molar-refractivity contribution in [2.24, 2.45) is 5.73 Å². The second kappa shape index (κ2) is 5.90. The summed E-state index contributed by atoms with van der Waals surface area (Å²) in [6.07, 6.45) is 2.61. The van der Waals surface area contributed by atoms with Crippen LogP contribution in [0.15, 0.2) is 6.20 Å². The predicted molar refractivity (Wildman–Crippen MR) is 51.5 cm³/mol. The van der Waals surface area contributed by atoms with Gasteiger partial charge in [-0.2, -0.15) is 0 Å². The summed E-state index contributed by atoms with van der Waals surface area (Å²) in [5.41, 5.74) is 6.29. The Kier molecular flexibility index (Phi) is 5.61. The second-order valence-corrected chi connectivity index (χ2v) is 2.76. The Morgan fingerprint density at radius 3 is 2.85 bits per heavy atom. The van der Waals surface area contributed by atoms with E-state index in [0.29, 0.717) is 12.2 Å². The molecule has 0 amide bonds. The number of aliphatic hydroxyl groups is 1. The number of halogens is 1. The zero-order valence-electron chi connectivity index (χ0n) is 7.55. The van der Waals surface area contributed by atoms with Gasteiger partial charge in [-0.25, -0.2) is 0 Å². The molecule has 0 aliphatic heterocycles. The molecule has 0 radical (unpaired) electrons. The van der Waals surface area contributed by atoms with Crippen molar-refractivity contribution < 1.29 is 5.11 Å². The quantitative estimate of drug-likeness (QED) is 0.723. The van der Waals surface area contributed by atoms with Crippen molar-refractivity contribution in [3.8, 4) is 0 Å². The lowest BCUT2D eigenvalue weighted by molar-refractivity contribution is 0.276. The van der Waals surface area contributed by atoms with Crippen molar-refractivity contribution in [3.63, 3.8) is 0 Å². The van der Waals surface area contributed by atoms with Gasteiger partial charge < -0.3 is 10.8 Å². The zero-order valence-corrected chi connectivity index (χ0v) is 8.37. The molecule has 0 bridgehead atoms. The van der Waals surface area contributed by atoms with Crippen LogP contribution in [0.25, 0.3) is 0 Å². The van der Waals surface area contributed by atoms with Crippen LogP contribution in [0.1, 0.15) is 19.0 Å². The summed E-state index contributed by atoms with van der Waals surface area (Å²) in [4.78, 5) is 0. The van der Waals surface area contributed by atoms with E-state index in [1.807, 2.05) is 6.92 Å². The van der Waals surface area contributed by atoms with Gasteiger partial charge in [0.1, 0.15) is 5.69 Å². The molecular weight excluding hydrogens is 192 g/mol. The van der Waals surface area contributed by atoms with Gasteiger partial charge in [0.15, 0.2) is 0 Å². The Bertz CT molecular complexity index is 240. The number of hydrogen-bond acceptors (Lipinski definition) is 4. The highest BCUT2D eigenvalue weighted by Crippen LogP contribution is 1.95. The largest absolute Gasteiger partial charge is 0.390 e. The number of aliphatic hydroxyl groups excluding tert-OH is 1. The van der Waals surface area contributed by atoms with Gasteiger partial charge in [0.2, 0.25) is 0 Å². The number of nitrogens with two attached hydrogens (primary N) is 1. The van der Waals surface area contributed by atoms with Crippen molar-refractivity contribution in [2.75, 3.05) is 0 Å². The summed E-state index contributed by atoms with van der Waals surface area (Å²) in [7, 11) is 0. The van der Waals surface area contributed by atoms with Crippen LogP contribution in [0.5, 0.6) is 0 Å². The summed E-state index contributed by atoms with van der Waals surface area (Å²) in [5, 5.41) is 16.2. The summed E-state index contributed by atoms with van der Waals surface area (Å²) in [6.45, 7) is 2.61. The Hall–Kier alpha value is -0.650. The first kappa shape index (κ1) is 12.3. The van der Waals surface area contributed by atoms with E-state index >= 15 is 0 Å². The maximum absolute atomic E-state index is 8.70. The molecule has 0 aliphatic rings. The monoisotopic (exact) mass is 206 g/mol. The van der Waals surface area contributed by atoms with Crippen molar-refractivity contribution in [3.05, 3.63) is 11.9 Å². The first-order chi connectivity index (χ1) is 5.76.